The van der Waals surface area contributed by atoms with E-state index in [4.69, 9.17) is 15.2 Å². The van der Waals surface area contributed by atoms with Crippen LogP contribution < -0.4 is 10.5 Å². The third-order valence-corrected chi connectivity index (χ3v) is 3.34. The fourth-order valence-corrected chi connectivity index (χ4v) is 2.18. The molecule has 0 aliphatic rings. The normalized spacial score (nSPS) is 11.7. The highest BCUT2D eigenvalue weighted by atomic mass is 16.5. The summed E-state index contributed by atoms with van der Waals surface area (Å²) in [6.45, 7) is 2.46. The fraction of sp³-hybridized carbons (Fsp3) is 0.278. The molecule has 2 rings (SSSR count). The smallest absolute Gasteiger partial charge is 0.307 e. The highest BCUT2D eigenvalue weighted by Gasteiger charge is 2.16. The average molecular weight is 315 g/mol. The van der Waals surface area contributed by atoms with Crippen molar-refractivity contribution in [3.8, 4) is 11.5 Å². The number of hydrogen-bond donors (Lipinski definition) is 2. The minimum Gasteiger partial charge on any atom is -0.507 e. The summed E-state index contributed by atoms with van der Waals surface area (Å²) in [5.41, 5.74) is 7.47. The zero-order chi connectivity index (χ0) is 16.7. The molecule has 0 bridgehead atoms. The Labute approximate surface area is 135 Å². The van der Waals surface area contributed by atoms with E-state index in [1.807, 2.05) is 30.3 Å². The van der Waals surface area contributed by atoms with Crippen LogP contribution in [0.1, 0.15) is 30.5 Å². The lowest BCUT2D eigenvalue weighted by atomic mass is 10.0. The van der Waals surface area contributed by atoms with Crippen molar-refractivity contribution in [1.29, 1.82) is 0 Å². The summed E-state index contributed by atoms with van der Waals surface area (Å²) in [5, 5.41) is 10.1. The lowest BCUT2D eigenvalue weighted by molar-refractivity contribution is -0.143. The van der Waals surface area contributed by atoms with Crippen molar-refractivity contribution < 1.29 is 19.4 Å². The first-order valence-corrected chi connectivity index (χ1v) is 7.51. The number of benzene rings is 2. The number of esters is 1. The van der Waals surface area contributed by atoms with Crippen LogP contribution in [-0.4, -0.2) is 17.7 Å². The summed E-state index contributed by atoms with van der Waals surface area (Å²) in [4.78, 5) is 11.5. The molecule has 0 unspecified atom stereocenters. The Morgan fingerprint density at radius 2 is 1.96 bits per heavy atom. The van der Waals surface area contributed by atoms with E-state index in [1.165, 1.54) is 6.07 Å². The molecule has 0 fully saturated rings. The quantitative estimate of drug-likeness (QED) is 0.768. The predicted molar refractivity (Wildman–Crippen MR) is 87.1 cm³/mol. The molecule has 2 aromatic rings. The molecule has 0 aliphatic carbocycles. The predicted octanol–water partition coefficient (Wildman–Crippen LogP) is 2.92. The molecule has 23 heavy (non-hydrogen) atoms. The van der Waals surface area contributed by atoms with Gasteiger partial charge >= 0.3 is 5.97 Å². The molecule has 0 saturated heterocycles. The molecular formula is C18H21NO4. The van der Waals surface area contributed by atoms with Crippen LogP contribution >= 0.6 is 0 Å². The van der Waals surface area contributed by atoms with Gasteiger partial charge in [-0.1, -0.05) is 36.4 Å². The van der Waals surface area contributed by atoms with Crippen LogP contribution in [0.25, 0.3) is 0 Å². The van der Waals surface area contributed by atoms with Crippen molar-refractivity contribution in [3.05, 3.63) is 59.7 Å². The van der Waals surface area contributed by atoms with Crippen LogP contribution in [0.15, 0.2) is 48.5 Å². The number of phenolic OH excluding ortho intramolecular Hbond substituents is 1. The Morgan fingerprint density at radius 3 is 2.61 bits per heavy atom. The number of phenols is 1. The van der Waals surface area contributed by atoms with Gasteiger partial charge in [-0.05, 0) is 18.6 Å². The number of rotatable bonds is 7. The van der Waals surface area contributed by atoms with Crippen molar-refractivity contribution in [2.75, 3.05) is 6.61 Å². The molecule has 0 aromatic heterocycles. The van der Waals surface area contributed by atoms with Crippen LogP contribution in [0.4, 0.5) is 0 Å². The molecule has 0 radical (unpaired) electrons. The Hall–Kier alpha value is -2.53. The first-order valence-electron chi connectivity index (χ1n) is 7.51. The van der Waals surface area contributed by atoms with Gasteiger partial charge in [-0.15, -0.1) is 0 Å². The fourth-order valence-electron chi connectivity index (χ4n) is 2.18. The summed E-state index contributed by atoms with van der Waals surface area (Å²) in [5.74, 6) is 0.162. The lowest BCUT2D eigenvalue weighted by Gasteiger charge is -2.14. The second-order valence-electron chi connectivity index (χ2n) is 5.11. The number of aromatic hydroxyl groups is 1. The molecule has 5 nitrogen and oxygen atoms in total. The van der Waals surface area contributed by atoms with E-state index in [1.54, 1.807) is 19.1 Å². The van der Waals surface area contributed by atoms with Gasteiger partial charge in [0.15, 0.2) is 0 Å². The maximum absolute atomic E-state index is 11.5. The third-order valence-electron chi connectivity index (χ3n) is 3.34. The van der Waals surface area contributed by atoms with Gasteiger partial charge in [-0.2, -0.15) is 0 Å². The lowest BCUT2D eigenvalue weighted by Crippen LogP contribution is -2.17. The van der Waals surface area contributed by atoms with Crippen LogP contribution in [0, 0.1) is 0 Å². The van der Waals surface area contributed by atoms with Gasteiger partial charge in [0, 0.05) is 17.7 Å². The Balaban J connectivity index is 1.98. The van der Waals surface area contributed by atoms with Crippen molar-refractivity contribution in [2.24, 2.45) is 5.73 Å². The highest BCUT2D eigenvalue weighted by Crippen LogP contribution is 2.29. The molecule has 0 heterocycles. The first-order chi connectivity index (χ1) is 11.1. The van der Waals surface area contributed by atoms with Crippen LogP contribution in [0.5, 0.6) is 11.5 Å². The molecule has 3 N–H and O–H groups in total. The summed E-state index contributed by atoms with van der Waals surface area (Å²) in [7, 11) is 0. The van der Waals surface area contributed by atoms with Gasteiger partial charge in [0.1, 0.15) is 18.1 Å². The van der Waals surface area contributed by atoms with Gasteiger partial charge < -0.3 is 20.3 Å². The maximum Gasteiger partial charge on any atom is 0.307 e. The van der Waals surface area contributed by atoms with Gasteiger partial charge in [-0.25, -0.2) is 0 Å². The zero-order valence-electron chi connectivity index (χ0n) is 13.1. The second-order valence-corrected chi connectivity index (χ2v) is 5.11. The van der Waals surface area contributed by atoms with E-state index >= 15 is 0 Å². The van der Waals surface area contributed by atoms with E-state index in [0.29, 0.717) is 24.5 Å². The molecule has 2 aromatic carbocycles. The van der Waals surface area contributed by atoms with Gasteiger partial charge in [0.05, 0.1) is 13.0 Å². The van der Waals surface area contributed by atoms with Crippen molar-refractivity contribution >= 4 is 5.97 Å². The largest absolute Gasteiger partial charge is 0.507 e. The Kier molecular flexibility index (Phi) is 6.00. The monoisotopic (exact) mass is 315 g/mol. The van der Waals surface area contributed by atoms with Crippen molar-refractivity contribution in [2.45, 2.75) is 26.0 Å². The van der Waals surface area contributed by atoms with E-state index in [0.717, 1.165) is 5.56 Å². The minimum atomic E-state index is -0.614. The second kappa shape index (κ2) is 8.19. The number of nitrogens with two attached hydrogens (primary N) is 1. The highest BCUT2D eigenvalue weighted by molar-refractivity contribution is 5.70. The average Bonchev–Trinajstić information content (AvgIpc) is 2.54. The topological polar surface area (TPSA) is 81.8 Å². The standard InChI is InChI=1S/C18H21NO4/c1-2-22-18(21)11-16(19)15-9-8-14(10-17(15)20)23-12-13-6-4-3-5-7-13/h3-10,16,20H,2,11-12,19H2,1H3/t16-/m1/s1. The summed E-state index contributed by atoms with van der Waals surface area (Å²) >= 11 is 0. The number of hydrogen-bond acceptors (Lipinski definition) is 5. The molecule has 1 atom stereocenters. The Morgan fingerprint density at radius 1 is 1.22 bits per heavy atom. The number of ether oxygens (including phenoxy) is 2. The zero-order valence-corrected chi connectivity index (χ0v) is 13.1. The first kappa shape index (κ1) is 16.8. The van der Waals surface area contributed by atoms with E-state index in [2.05, 4.69) is 0 Å². The van der Waals surface area contributed by atoms with Gasteiger partial charge in [0.2, 0.25) is 0 Å². The van der Waals surface area contributed by atoms with Crippen molar-refractivity contribution in [3.63, 3.8) is 0 Å². The molecule has 0 amide bonds. The van der Waals surface area contributed by atoms with E-state index < -0.39 is 6.04 Å². The minimum absolute atomic E-state index is 0.00681. The van der Waals surface area contributed by atoms with Crippen LogP contribution in [0.2, 0.25) is 0 Å². The van der Waals surface area contributed by atoms with Crippen LogP contribution in [0.3, 0.4) is 0 Å². The summed E-state index contributed by atoms with van der Waals surface area (Å²) in [6, 6.07) is 14.0. The third kappa shape index (κ3) is 5.00. The number of carbonyl (C=O) groups is 1. The summed E-state index contributed by atoms with van der Waals surface area (Å²) in [6.07, 6.45) is 0.0195. The van der Waals surface area contributed by atoms with E-state index in [9.17, 15) is 9.90 Å². The molecule has 5 heteroatoms. The molecule has 122 valence electrons. The van der Waals surface area contributed by atoms with Crippen LogP contribution in [-0.2, 0) is 16.1 Å². The molecule has 0 spiro atoms. The SMILES string of the molecule is CCOC(=O)C[C@@H](N)c1ccc(OCc2ccccc2)cc1O. The molecular weight excluding hydrogens is 294 g/mol. The maximum atomic E-state index is 11.5. The van der Waals surface area contributed by atoms with E-state index in [-0.39, 0.29) is 18.1 Å². The molecule has 0 saturated carbocycles. The Bertz CT molecular complexity index is 643. The summed E-state index contributed by atoms with van der Waals surface area (Å²) < 4.78 is 10.5. The van der Waals surface area contributed by atoms with Crippen molar-refractivity contribution in [1.82, 2.24) is 0 Å². The molecule has 0 aliphatic heterocycles. The van der Waals surface area contributed by atoms with Gasteiger partial charge in [-0.3, -0.25) is 4.79 Å². The number of carbonyl (C=O) groups excluding carboxylic acids is 1. The van der Waals surface area contributed by atoms with Gasteiger partial charge in [0.25, 0.3) is 0 Å².